The molecule has 25 heavy (non-hydrogen) atoms. The molecular weight excluding hydrogens is 304 g/mol. The summed E-state index contributed by atoms with van der Waals surface area (Å²) in [5.74, 6) is 1.30. The fraction of sp³-hybridized carbons (Fsp3) is 0.0870. The van der Waals surface area contributed by atoms with E-state index in [2.05, 4.69) is 89.3 Å². The first kappa shape index (κ1) is 15.4. The first-order valence-electron chi connectivity index (χ1n) is 8.57. The molecule has 122 valence electrons. The number of hydrogen-bond donors (Lipinski definition) is 0. The minimum absolute atomic E-state index is 0.241. The molecule has 0 radical (unpaired) electrons. The van der Waals surface area contributed by atoms with E-state index in [9.17, 15) is 0 Å². The summed E-state index contributed by atoms with van der Waals surface area (Å²) in [7, 11) is 0. The average Bonchev–Trinajstić information content (AvgIpc) is 3.19. The fourth-order valence-electron chi connectivity index (χ4n) is 3.19. The number of aromatic nitrogens is 2. The van der Waals surface area contributed by atoms with Gasteiger partial charge in [0.15, 0.2) is 0 Å². The Morgan fingerprint density at radius 1 is 0.720 bits per heavy atom. The average molecular weight is 324 g/mol. The van der Waals surface area contributed by atoms with Gasteiger partial charge in [-0.3, -0.25) is 0 Å². The summed E-state index contributed by atoms with van der Waals surface area (Å²) >= 11 is 0. The van der Waals surface area contributed by atoms with Crippen LogP contribution in [0.2, 0.25) is 0 Å². The lowest BCUT2D eigenvalue weighted by molar-refractivity contribution is 0.789. The molecular formula is C23H20N2. The molecule has 0 aliphatic rings. The van der Waals surface area contributed by atoms with Crippen molar-refractivity contribution in [2.45, 2.75) is 12.8 Å². The second-order valence-electron chi connectivity index (χ2n) is 6.20. The second kappa shape index (κ2) is 6.78. The van der Waals surface area contributed by atoms with Crippen molar-refractivity contribution in [1.29, 1.82) is 0 Å². The molecule has 2 heteroatoms. The lowest BCUT2D eigenvalue weighted by Crippen LogP contribution is -2.06. The van der Waals surface area contributed by atoms with Gasteiger partial charge in [-0.05, 0) is 28.8 Å². The van der Waals surface area contributed by atoms with Gasteiger partial charge in [-0.15, -0.1) is 0 Å². The predicted molar refractivity (Wildman–Crippen MR) is 103 cm³/mol. The third-order valence-electron chi connectivity index (χ3n) is 4.61. The number of hydrogen-bond acceptors (Lipinski definition) is 1. The summed E-state index contributed by atoms with van der Waals surface area (Å²) in [6.45, 7) is 2.20. The molecule has 0 N–H and O–H groups in total. The summed E-state index contributed by atoms with van der Waals surface area (Å²) in [5.41, 5.74) is 4.87. The molecule has 3 aromatic carbocycles. The topological polar surface area (TPSA) is 17.8 Å². The number of imidazole rings is 1. The van der Waals surface area contributed by atoms with Crippen LogP contribution in [0.5, 0.6) is 0 Å². The molecule has 1 aromatic heterocycles. The van der Waals surface area contributed by atoms with Gasteiger partial charge in [-0.2, -0.15) is 0 Å². The molecule has 0 aliphatic carbocycles. The van der Waals surface area contributed by atoms with Crippen LogP contribution in [0.25, 0.3) is 16.8 Å². The lowest BCUT2D eigenvalue weighted by Gasteiger charge is -2.15. The van der Waals surface area contributed by atoms with E-state index in [-0.39, 0.29) is 5.92 Å². The maximum absolute atomic E-state index is 4.61. The van der Waals surface area contributed by atoms with E-state index < -0.39 is 0 Å². The molecule has 0 bridgehead atoms. The SMILES string of the molecule is CC(c1ccccc1)c1nccn1-c1ccc(-c2ccccc2)cc1. The molecule has 4 aromatic rings. The number of benzene rings is 3. The van der Waals surface area contributed by atoms with Gasteiger partial charge >= 0.3 is 0 Å². The van der Waals surface area contributed by atoms with Gasteiger partial charge in [0.05, 0.1) is 0 Å². The van der Waals surface area contributed by atoms with Crippen molar-refractivity contribution < 1.29 is 0 Å². The first-order valence-corrected chi connectivity index (χ1v) is 8.57. The van der Waals surface area contributed by atoms with E-state index >= 15 is 0 Å². The second-order valence-corrected chi connectivity index (χ2v) is 6.20. The maximum Gasteiger partial charge on any atom is 0.120 e. The van der Waals surface area contributed by atoms with E-state index in [0.717, 1.165) is 11.5 Å². The fourth-order valence-corrected chi connectivity index (χ4v) is 3.19. The Kier molecular flexibility index (Phi) is 4.17. The Morgan fingerprint density at radius 3 is 2.00 bits per heavy atom. The highest BCUT2D eigenvalue weighted by atomic mass is 15.1. The summed E-state index contributed by atoms with van der Waals surface area (Å²) in [5, 5.41) is 0. The van der Waals surface area contributed by atoms with Crippen LogP contribution < -0.4 is 0 Å². The van der Waals surface area contributed by atoms with Gasteiger partial charge in [0.1, 0.15) is 5.82 Å². The van der Waals surface area contributed by atoms with Crippen molar-refractivity contribution in [2.75, 3.05) is 0 Å². The van der Waals surface area contributed by atoms with Gasteiger partial charge in [0.25, 0.3) is 0 Å². The van der Waals surface area contributed by atoms with Crippen molar-refractivity contribution in [3.05, 3.63) is 109 Å². The van der Waals surface area contributed by atoms with E-state index in [1.807, 2.05) is 24.5 Å². The molecule has 0 saturated heterocycles. The van der Waals surface area contributed by atoms with E-state index in [4.69, 9.17) is 0 Å². The van der Waals surface area contributed by atoms with Crippen molar-refractivity contribution in [2.24, 2.45) is 0 Å². The van der Waals surface area contributed by atoms with Gasteiger partial charge < -0.3 is 4.57 Å². The zero-order chi connectivity index (χ0) is 17.1. The molecule has 0 amide bonds. The third-order valence-corrected chi connectivity index (χ3v) is 4.61. The molecule has 1 atom stereocenters. The van der Waals surface area contributed by atoms with E-state index in [0.29, 0.717) is 0 Å². The first-order chi connectivity index (χ1) is 12.3. The zero-order valence-electron chi connectivity index (χ0n) is 14.2. The lowest BCUT2D eigenvalue weighted by atomic mass is 10.0. The van der Waals surface area contributed by atoms with Crippen LogP contribution >= 0.6 is 0 Å². The van der Waals surface area contributed by atoms with Gasteiger partial charge in [0, 0.05) is 24.0 Å². The van der Waals surface area contributed by atoms with Crippen LogP contribution in [0.1, 0.15) is 24.2 Å². The quantitative estimate of drug-likeness (QED) is 0.471. The van der Waals surface area contributed by atoms with Gasteiger partial charge in [-0.25, -0.2) is 4.98 Å². The molecule has 0 spiro atoms. The van der Waals surface area contributed by atoms with Crippen LogP contribution in [0.3, 0.4) is 0 Å². The van der Waals surface area contributed by atoms with Crippen LogP contribution in [-0.4, -0.2) is 9.55 Å². The Morgan fingerprint density at radius 2 is 1.32 bits per heavy atom. The summed E-state index contributed by atoms with van der Waals surface area (Å²) in [6, 6.07) is 29.6. The highest BCUT2D eigenvalue weighted by Crippen LogP contribution is 2.26. The van der Waals surface area contributed by atoms with Crippen LogP contribution in [0, 0.1) is 0 Å². The molecule has 1 unspecified atom stereocenters. The van der Waals surface area contributed by atoms with Crippen molar-refractivity contribution in [1.82, 2.24) is 9.55 Å². The normalized spacial score (nSPS) is 12.0. The predicted octanol–water partition coefficient (Wildman–Crippen LogP) is 5.69. The molecule has 4 rings (SSSR count). The summed E-state index contributed by atoms with van der Waals surface area (Å²) in [6.07, 6.45) is 3.91. The van der Waals surface area contributed by atoms with E-state index in [1.165, 1.54) is 16.7 Å². The van der Waals surface area contributed by atoms with Crippen LogP contribution in [0.15, 0.2) is 97.3 Å². The van der Waals surface area contributed by atoms with Crippen molar-refractivity contribution in [3.8, 4) is 16.8 Å². The zero-order valence-corrected chi connectivity index (χ0v) is 14.2. The molecule has 0 saturated carbocycles. The highest BCUT2D eigenvalue weighted by Gasteiger charge is 2.15. The maximum atomic E-state index is 4.61. The third kappa shape index (κ3) is 3.11. The smallest absolute Gasteiger partial charge is 0.120 e. The summed E-state index contributed by atoms with van der Waals surface area (Å²) in [4.78, 5) is 4.61. The molecule has 0 aliphatic heterocycles. The Bertz CT molecular complexity index is 938. The van der Waals surface area contributed by atoms with E-state index in [1.54, 1.807) is 0 Å². The minimum atomic E-state index is 0.241. The van der Waals surface area contributed by atoms with Crippen LogP contribution in [-0.2, 0) is 0 Å². The van der Waals surface area contributed by atoms with Crippen LogP contribution in [0.4, 0.5) is 0 Å². The highest BCUT2D eigenvalue weighted by molar-refractivity contribution is 5.64. The van der Waals surface area contributed by atoms with Crippen molar-refractivity contribution >= 4 is 0 Å². The summed E-state index contributed by atoms with van der Waals surface area (Å²) < 4.78 is 2.17. The largest absolute Gasteiger partial charge is 0.303 e. The molecule has 1 heterocycles. The Balaban J connectivity index is 1.66. The Hall–Kier alpha value is -3.13. The van der Waals surface area contributed by atoms with Gasteiger partial charge in [0.2, 0.25) is 0 Å². The monoisotopic (exact) mass is 324 g/mol. The van der Waals surface area contributed by atoms with Gasteiger partial charge in [-0.1, -0.05) is 79.7 Å². The van der Waals surface area contributed by atoms with Crippen molar-refractivity contribution in [3.63, 3.8) is 0 Å². The molecule has 2 nitrogen and oxygen atoms in total. The standard InChI is InChI=1S/C23H20N2/c1-18(19-8-4-2-5-9-19)23-24-16-17-25(23)22-14-12-21(13-15-22)20-10-6-3-7-11-20/h2-18H,1H3. The number of nitrogens with zero attached hydrogens (tertiary/aromatic N) is 2. The Labute approximate surface area is 148 Å². The minimum Gasteiger partial charge on any atom is -0.303 e. The molecule has 0 fully saturated rings. The number of rotatable bonds is 4.